The Morgan fingerprint density at radius 3 is 2.08 bits per heavy atom. The molecule has 0 spiro atoms. The summed E-state index contributed by atoms with van der Waals surface area (Å²) < 4.78 is 33.5. The number of amides is 1. The van der Waals surface area contributed by atoms with Crippen LogP contribution in [0.15, 0.2) is 63.8 Å². The fourth-order valence-corrected chi connectivity index (χ4v) is 5.09. The lowest BCUT2D eigenvalue weighted by atomic mass is 9.97. The van der Waals surface area contributed by atoms with Gasteiger partial charge in [0.15, 0.2) is 28.4 Å². The van der Waals surface area contributed by atoms with E-state index >= 15 is 0 Å². The molecule has 4 aromatic rings. The summed E-state index contributed by atoms with van der Waals surface area (Å²) in [6, 6.07) is 15.3. The first-order chi connectivity index (χ1) is 18.9. The smallest absolute Gasteiger partial charge is 0.290 e. The van der Waals surface area contributed by atoms with Gasteiger partial charge >= 0.3 is 0 Å². The molecule has 0 fully saturated rings. The Morgan fingerprint density at radius 1 is 0.769 bits per heavy atom. The summed E-state index contributed by atoms with van der Waals surface area (Å²) in [6.45, 7) is 0.301. The number of hydrogen-bond acceptors (Lipinski definition) is 8. The van der Waals surface area contributed by atoms with Gasteiger partial charge in [-0.05, 0) is 53.9 Å². The zero-order chi connectivity index (χ0) is 27.7. The van der Waals surface area contributed by atoms with Crippen LogP contribution < -0.4 is 29.1 Å². The lowest BCUT2D eigenvalue weighted by Crippen LogP contribution is -2.31. The van der Waals surface area contributed by atoms with Gasteiger partial charge in [0.2, 0.25) is 11.5 Å². The lowest BCUT2D eigenvalue weighted by Gasteiger charge is -2.26. The van der Waals surface area contributed by atoms with Crippen LogP contribution in [0.25, 0.3) is 11.0 Å². The van der Waals surface area contributed by atoms with Crippen LogP contribution in [0.4, 0.5) is 0 Å². The van der Waals surface area contributed by atoms with E-state index in [2.05, 4.69) is 0 Å². The summed E-state index contributed by atoms with van der Waals surface area (Å²) in [7, 11) is 7.71. The van der Waals surface area contributed by atoms with Gasteiger partial charge < -0.3 is 33.0 Å². The Labute approximate surface area is 225 Å². The van der Waals surface area contributed by atoms with E-state index in [1.165, 1.54) is 21.3 Å². The molecule has 1 aliphatic rings. The number of rotatable bonds is 9. The zero-order valence-corrected chi connectivity index (χ0v) is 22.4. The standard InChI is InChI=1S/C30H29NO8/c1-34-21-11-10-17(14-22(21)35-2)12-13-31-26(18-15-23(36-3)28(38-5)24(16-18)37-4)25-27(32)19-8-6-7-9-20(19)39-29(25)30(31)33/h6-11,14-16,26H,12-13H2,1-5H3. The minimum absolute atomic E-state index is 0.0322. The quantitative estimate of drug-likeness (QED) is 0.309. The van der Waals surface area contributed by atoms with Gasteiger partial charge in [-0.2, -0.15) is 0 Å². The van der Waals surface area contributed by atoms with Gasteiger partial charge in [0, 0.05) is 6.54 Å². The summed E-state index contributed by atoms with van der Waals surface area (Å²) in [5.41, 5.74) is 1.95. The third-order valence-corrected chi connectivity index (χ3v) is 6.97. The number of nitrogens with zero attached hydrogens (tertiary/aromatic N) is 1. The number of carbonyl (C=O) groups excluding carboxylic acids is 1. The second-order valence-electron chi connectivity index (χ2n) is 8.97. The Hall–Kier alpha value is -4.66. The number of para-hydroxylation sites is 1. The third kappa shape index (κ3) is 4.39. The molecule has 3 aromatic carbocycles. The topological polar surface area (TPSA) is 96.7 Å². The van der Waals surface area contributed by atoms with Crippen molar-refractivity contribution in [1.29, 1.82) is 0 Å². The van der Waals surface area contributed by atoms with Gasteiger partial charge in [0.1, 0.15) is 5.58 Å². The highest BCUT2D eigenvalue weighted by atomic mass is 16.5. The number of benzene rings is 3. The van der Waals surface area contributed by atoms with Crippen molar-refractivity contribution in [3.05, 3.63) is 87.3 Å². The van der Waals surface area contributed by atoms with Crippen LogP contribution in [0.1, 0.15) is 33.3 Å². The average molecular weight is 532 g/mol. The van der Waals surface area contributed by atoms with E-state index in [1.54, 1.807) is 55.5 Å². The maximum atomic E-state index is 13.8. The van der Waals surface area contributed by atoms with Crippen LogP contribution in [0.2, 0.25) is 0 Å². The Balaban J connectivity index is 1.64. The SMILES string of the molecule is COc1ccc(CCN2C(=O)c3oc4ccccc4c(=O)c3C2c2cc(OC)c(OC)c(OC)c2)cc1OC. The molecule has 1 atom stereocenters. The van der Waals surface area contributed by atoms with Crippen LogP contribution in [-0.4, -0.2) is 52.9 Å². The first-order valence-corrected chi connectivity index (χ1v) is 12.3. The van der Waals surface area contributed by atoms with Crippen LogP contribution in [-0.2, 0) is 6.42 Å². The summed E-state index contributed by atoms with van der Waals surface area (Å²) in [4.78, 5) is 29.3. The summed E-state index contributed by atoms with van der Waals surface area (Å²) >= 11 is 0. The van der Waals surface area contributed by atoms with Crippen LogP contribution in [0.5, 0.6) is 28.7 Å². The summed E-state index contributed by atoms with van der Waals surface area (Å²) in [5, 5.41) is 0.406. The van der Waals surface area contributed by atoms with Crippen molar-refractivity contribution in [2.45, 2.75) is 12.5 Å². The fourth-order valence-electron chi connectivity index (χ4n) is 5.09. The van der Waals surface area contributed by atoms with Crippen molar-refractivity contribution in [3.63, 3.8) is 0 Å². The highest BCUT2D eigenvalue weighted by molar-refractivity contribution is 5.99. The predicted molar refractivity (Wildman–Crippen MR) is 145 cm³/mol. The first-order valence-electron chi connectivity index (χ1n) is 12.3. The van der Waals surface area contributed by atoms with Gasteiger partial charge in [-0.25, -0.2) is 0 Å². The minimum atomic E-state index is -0.734. The molecule has 0 N–H and O–H groups in total. The van der Waals surface area contributed by atoms with Gasteiger partial charge in [-0.1, -0.05) is 18.2 Å². The van der Waals surface area contributed by atoms with Gasteiger partial charge in [-0.3, -0.25) is 9.59 Å². The molecule has 0 radical (unpaired) electrons. The van der Waals surface area contributed by atoms with E-state index < -0.39 is 6.04 Å². The highest BCUT2D eigenvalue weighted by Gasteiger charge is 2.43. The summed E-state index contributed by atoms with van der Waals surface area (Å²) in [6.07, 6.45) is 0.495. The molecule has 1 aliphatic heterocycles. The molecule has 1 aromatic heterocycles. The molecule has 0 aliphatic carbocycles. The zero-order valence-electron chi connectivity index (χ0n) is 22.4. The van der Waals surface area contributed by atoms with Gasteiger partial charge in [-0.15, -0.1) is 0 Å². The molecule has 9 nitrogen and oxygen atoms in total. The van der Waals surface area contributed by atoms with E-state index in [1.807, 2.05) is 18.2 Å². The molecular formula is C30H29NO8. The molecule has 2 heterocycles. The van der Waals surface area contributed by atoms with E-state index in [-0.39, 0.29) is 22.7 Å². The van der Waals surface area contributed by atoms with Gasteiger partial charge in [0.25, 0.3) is 5.91 Å². The Bertz CT molecular complexity index is 1580. The monoisotopic (exact) mass is 531 g/mol. The lowest BCUT2D eigenvalue weighted by molar-refractivity contribution is 0.0729. The predicted octanol–water partition coefficient (Wildman–Crippen LogP) is 4.62. The molecule has 1 unspecified atom stereocenters. The Kier molecular flexibility index (Phi) is 7.06. The van der Waals surface area contributed by atoms with Crippen molar-refractivity contribution < 1.29 is 32.9 Å². The van der Waals surface area contributed by atoms with Crippen molar-refractivity contribution >= 4 is 16.9 Å². The van der Waals surface area contributed by atoms with E-state index in [0.29, 0.717) is 58.2 Å². The first kappa shape index (κ1) is 26.0. The second kappa shape index (κ2) is 10.6. The van der Waals surface area contributed by atoms with E-state index in [4.69, 9.17) is 28.1 Å². The molecule has 39 heavy (non-hydrogen) atoms. The van der Waals surface area contributed by atoms with Gasteiger partial charge in [0.05, 0.1) is 52.5 Å². The van der Waals surface area contributed by atoms with Crippen molar-refractivity contribution in [1.82, 2.24) is 4.90 Å². The molecule has 9 heteroatoms. The normalized spacial score (nSPS) is 14.3. The molecular weight excluding hydrogens is 502 g/mol. The largest absolute Gasteiger partial charge is 0.493 e. The molecule has 0 saturated heterocycles. The van der Waals surface area contributed by atoms with Crippen molar-refractivity contribution in [2.75, 3.05) is 42.1 Å². The maximum Gasteiger partial charge on any atom is 0.290 e. The van der Waals surface area contributed by atoms with E-state index in [0.717, 1.165) is 5.56 Å². The fraction of sp³-hybridized carbons (Fsp3) is 0.267. The minimum Gasteiger partial charge on any atom is -0.493 e. The third-order valence-electron chi connectivity index (χ3n) is 6.97. The molecule has 0 bridgehead atoms. The van der Waals surface area contributed by atoms with Crippen LogP contribution in [0.3, 0.4) is 0 Å². The van der Waals surface area contributed by atoms with Crippen LogP contribution >= 0.6 is 0 Å². The Morgan fingerprint density at radius 2 is 1.44 bits per heavy atom. The number of ether oxygens (including phenoxy) is 5. The van der Waals surface area contributed by atoms with E-state index in [9.17, 15) is 9.59 Å². The molecule has 202 valence electrons. The van der Waals surface area contributed by atoms with Crippen molar-refractivity contribution in [3.8, 4) is 28.7 Å². The van der Waals surface area contributed by atoms with Crippen LogP contribution in [0, 0.1) is 0 Å². The second-order valence-corrected chi connectivity index (χ2v) is 8.97. The number of fused-ring (bicyclic) bond motifs is 2. The number of methoxy groups -OCH3 is 5. The molecule has 5 rings (SSSR count). The number of hydrogen-bond donors (Lipinski definition) is 0. The average Bonchev–Trinajstić information content (AvgIpc) is 3.26. The molecule has 1 amide bonds. The highest BCUT2D eigenvalue weighted by Crippen LogP contribution is 2.45. The maximum absolute atomic E-state index is 13.8. The molecule has 0 saturated carbocycles. The summed E-state index contributed by atoms with van der Waals surface area (Å²) in [5.74, 6) is 2.11. The number of carbonyl (C=O) groups is 1. The van der Waals surface area contributed by atoms with Crippen molar-refractivity contribution in [2.24, 2.45) is 0 Å².